The van der Waals surface area contributed by atoms with Gasteiger partial charge in [0.05, 0.1) is 0 Å². The highest BCUT2D eigenvalue weighted by Gasteiger charge is 2.10. The Hall–Kier alpha value is -1.02. The van der Waals surface area contributed by atoms with Crippen LogP contribution >= 0.6 is 0 Å². The molecular formula is C13H22N2. The molecule has 1 atom stereocenters. The summed E-state index contributed by atoms with van der Waals surface area (Å²) in [4.78, 5) is 2.39. The third-order valence-electron chi connectivity index (χ3n) is 2.89. The van der Waals surface area contributed by atoms with Crippen LogP contribution in [-0.4, -0.2) is 19.6 Å². The van der Waals surface area contributed by atoms with E-state index < -0.39 is 0 Å². The van der Waals surface area contributed by atoms with Gasteiger partial charge in [0.25, 0.3) is 0 Å². The first kappa shape index (κ1) is 12.1. The molecule has 2 heteroatoms. The van der Waals surface area contributed by atoms with Gasteiger partial charge in [0.2, 0.25) is 0 Å². The zero-order valence-electron chi connectivity index (χ0n) is 9.82. The molecule has 0 radical (unpaired) electrons. The first-order valence-corrected chi connectivity index (χ1v) is 5.81. The van der Waals surface area contributed by atoms with Crippen molar-refractivity contribution in [3.05, 3.63) is 30.3 Å². The van der Waals surface area contributed by atoms with Crippen molar-refractivity contribution in [2.75, 3.05) is 24.5 Å². The van der Waals surface area contributed by atoms with Gasteiger partial charge in [-0.25, -0.2) is 0 Å². The van der Waals surface area contributed by atoms with Crippen molar-refractivity contribution in [3.63, 3.8) is 0 Å². The number of nitrogens with two attached hydrogens (primary N) is 1. The summed E-state index contributed by atoms with van der Waals surface area (Å²) < 4.78 is 0. The van der Waals surface area contributed by atoms with Crippen LogP contribution in [0.4, 0.5) is 5.69 Å². The molecule has 0 aliphatic heterocycles. The van der Waals surface area contributed by atoms with Gasteiger partial charge in [-0.15, -0.1) is 0 Å². The van der Waals surface area contributed by atoms with Crippen LogP contribution in [0.3, 0.4) is 0 Å². The van der Waals surface area contributed by atoms with Gasteiger partial charge in [0, 0.05) is 18.8 Å². The predicted molar refractivity (Wildman–Crippen MR) is 67.2 cm³/mol. The maximum atomic E-state index is 5.74. The molecule has 0 aromatic heterocycles. The molecule has 0 bridgehead atoms. The van der Waals surface area contributed by atoms with E-state index in [1.165, 1.54) is 5.69 Å². The van der Waals surface area contributed by atoms with Crippen LogP contribution in [0, 0.1) is 5.92 Å². The van der Waals surface area contributed by atoms with E-state index >= 15 is 0 Å². The molecule has 0 spiro atoms. The fraction of sp³-hybridized carbons (Fsp3) is 0.538. The quantitative estimate of drug-likeness (QED) is 0.775. The number of rotatable bonds is 6. The minimum atomic E-state index is 0.602. The zero-order valence-corrected chi connectivity index (χ0v) is 9.82. The second-order valence-corrected chi connectivity index (χ2v) is 3.88. The van der Waals surface area contributed by atoms with Gasteiger partial charge in [-0.3, -0.25) is 0 Å². The molecule has 0 fully saturated rings. The fourth-order valence-electron chi connectivity index (χ4n) is 1.74. The largest absolute Gasteiger partial charge is 0.371 e. The van der Waals surface area contributed by atoms with E-state index in [-0.39, 0.29) is 0 Å². The third-order valence-corrected chi connectivity index (χ3v) is 2.89. The number of anilines is 1. The van der Waals surface area contributed by atoms with Gasteiger partial charge in [-0.1, -0.05) is 31.5 Å². The molecule has 1 aromatic rings. The number of hydrogen-bond donors (Lipinski definition) is 1. The van der Waals surface area contributed by atoms with Gasteiger partial charge < -0.3 is 10.6 Å². The Morgan fingerprint density at radius 2 is 1.87 bits per heavy atom. The van der Waals surface area contributed by atoms with Crippen LogP contribution in [0.2, 0.25) is 0 Å². The minimum absolute atomic E-state index is 0.602. The van der Waals surface area contributed by atoms with E-state index in [1.807, 2.05) is 0 Å². The summed E-state index contributed by atoms with van der Waals surface area (Å²) in [7, 11) is 0. The van der Waals surface area contributed by atoms with E-state index in [2.05, 4.69) is 49.1 Å². The summed E-state index contributed by atoms with van der Waals surface area (Å²) in [6, 6.07) is 10.5. The molecule has 2 N–H and O–H groups in total. The van der Waals surface area contributed by atoms with Gasteiger partial charge in [-0.2, -0.15) is 0 Å². The topological polar surface area (TPSA) is 29.3 Å². The van der Waals surface area contributed by atoms with E-state index in [9.17, 15) is 0 Å². The summed E-state index contributed by atoms with van der Waals surface area (Å²) in [5.74, 6) is 0.602. The summed E-state index contributed by atoms with van der Waals surface area (Å²) in [5.41, 5.74) is 7.04. The lowest BCUT2D eigenvalue weighted by Gasteiger charge is -2.27. The molecule has 0 amide bonds. The number of benzene rings is 1. The summed E-state index contributed by atoms with van der Waals surface area (Å²) in [6.45, 7) is 7.28. The first-order chi connectivity index (χ1) is 7.31. The SMILES string of the molecule is CCC(CN)CN(CC)c1ccccc1. The average molecular weight is 206 g/mol. The van der Waals surface area contributed by atoms with Crippen LogP contribution in [0.5, 0.6) is 0 Å². The molecule has 0 saturated heterocycles. The van der Waals surface area contributed by atoms with Crippen LogP contribution in [-0.2, 0) is 0 Å². The molecule has 0 aliphatic rings. The predicted octanol–water partition coefficient (Wildman–Crippen LogP) is 2.50. The van der Waals surface area contributed by atoms with Crippen molar-refractivity contribution >= 4 is 5.69 Å². The lowest BCUT2D eigenvalue weighted by Crippen LogP contribution is -2.32. The Morgan fingerprint density at radius 3 is 2.33 bits per heavy atom. The van der Waals surface area contributed by atoms with Gasteiger partial charge in [0.1, 0.15) is 0 Å². The summed E-state index contributed by atoms with van der Waals surface area (Å²) in [6.07, 6.45) is 1.15. The van der Waals surface area contributed by atoms with Crippen molar-refractivity contribution < 1.29 is 0 Å². The second kappa shape index (κ2) is 6.46. The Morgan fingerprint density at radius 1 is 1.20 bits per heavy atom. The first-order valence-electron chi connectivity index (χ1n) is 5.81. The van der Waals surface area contributed by atoms with Crippen molar-refractivity contribution in [3.8, 4) is 0 Å². The number of para-hydroxylation sites is 1. The van der Waals surface area contributed by atoms with Crippen LogP contribution in [0.15, 0.2) is 30.3 Å². The molecule has 84 valence electrons. The smallest absolute Gasteiger partial charge is 0.0366 e. The zero-order chi connectivity index (χ0) is 11.1. The highest BCUT2D eigenvalue weighted by Crippen LogP contribution is 2.15. The van der Waals surface area contributed by atoms with Crippen molar-refractivity contribution in [1.29, 1.82) is 0 Å². The molecule has 1 rings (SSSR count). The molecular weight excluding hydrogens is 184 g/mol. The molecule has 0 aliphatic carbocycles. The van der Waals surface area contributed by atoms with E-state index in [4.69, 9.17) is 5.73 Å². The summed E-state index contributed by atoms with van der Waals surface area (Å²) in [5, 5.41) is 0. The van der Waals surface area contributed by atoms with Gasteiger partial charge >= 0.3 is 0 Å². The van der Waals surface area contributed by atoms with Crippen LogP contribution < -0.4 is 10.6 Å². The highest BCUT2D eigenvalue weighted by atomic mass is 15.1. The van der Waals surface area contributed by atoms with Crippen molar-refractivity contribution in [2.45, 2.75) is 20.3 Å². The Labute approximate surface area is 93.1 Å². The Kier molecular flexibility index (Phi) is 5.19. The number of nitrogens with zero attached hydrogens (tertiary/aromatic N) is 1. The van der Waals surface area contributed by atoms with E-state index in [1.54, 1.807) is 0 Å². The van der Waals surface area contributed by atoms with E-state index in [0.717, 1.165) is 26.1 Å². The monoisotopic (exact) mass is 206 g/mol. The lowest BCUT2D eigenvalue weighted by atomic mass is 10.1. The Balaban J connectivity index is 2.64. The van der Waals surface area contributed by atoms with Gasteiger partial charge in [0.15, 0.2) is 0 Å². The van der Waals surface area contributed by atoms with Crippen LogP contribution in [0.1, 0.15) is 20.3 Å². The highest BCUT2D eigenvalue weighted by molar-refractivity contribution is 5.45. The summed E-state index contributed by atoms with van der Waals surface area (Å²) >= 11 is 0. The third kappa shape index (κ3) is 3.56. The molecule has 0 saturated carbocycles. The molecule has 2 nitrogen and oxygen atoms in total. The van der Waals surface area contributed by atoms with Crippen LogP contribution in [0.25, 0.3) is 0 Å². The van der Waals surface area contributed by atoms with Crippen molar-refractivity contribution in [1.82, 2.24) is 0 Å². The lowest BCUT2D eigenvalue weighted by molar-refractivity contribution is 0.512. The number of hydrogen-bond acceptors (Lipinski definition) is 2. The molecule has 1 aromatic carbocycles. The maximum absolute atomic E-state index is 5.74. The fourth-order valence-corrected chi connectivity index (χ4v) is 1.74. The molecule has 1 unspecified atom stereocenters. The minimum Gasteiger partial charge on any atom is -0.371 e. The normalized spacial score (nSPS) is 12.5. The Bertz CT molecular complexity index is 254. The standard InChI is InChI=1S/C13H22N2/c1-3-12(10-14)11-15(4-2)13-8-6-5-7-9-13/h5-9,12H,3-4,10-11,14H2,1-2H3. The second-order valence-electron chi connectivity index (χ2n) is 3.88. The maximum Gasteiger partial charge on any atom is 0.0366 e. The van der Waals surface area contributed by atoms with E-state index in [0.29, 0.717) is 5.92 Å². The van der Waals surface area contributed by atoms with Gasteiger partial charge in [-0.05, 0) is 31.5 Å². The molecule has 0 heterocycles. The average Bonchev–Trinajstić information content (AvgIpc) is 2.32. The molecule has 15 heavy (non-hydrogen) atoms. The van der Waals surface area contributed by atoms with Crippen molar-refractivity contribution in [2.24, 2.45) is 11.7 Å².